The fraction of sp³-hybridized carbons (Fsp3) is 0.700. The molecular weight excluding hydrogens is 344 g/mol. The third-order valence-corrected chi connectivity index (χ3v) is 5.27. The van der Waals surface area contributed by atoms with Crippen LogP contribution in [0.3, 0.4) is 0 Å². The van der Waals surface area contributed by atoms with Crippen LogP contribution in [0.5, 0.6) is 0 Å². The van der Waals surface area contributed by atoms with Gasteiger partial charge in [-0.15, -0.1) is 0 Å². The number of nitrogens with zero attached hydrogens (tertiary/aromatic N) is 2. The second-order valence-electron chi connectivity index (χ2n) is 7.29. The molecule has 0 spiro atoms. The summed E-state index contributed by atoms with van der Waals surface area (Å²) in [7, 11) is 0. The van der Waals surface area contributed by atoms with Crippen molar-refractivity contribution in [1.82, 2.24) is 15.5 Å². The van der Waals surface area contributed by atoms with Crippen LogP contribution in [0.2, 0.25) is 0 Å². The summed E-state index contributed by atoms with van der Waals surface area (Å²) in [6.07, 6.45) is 9.10. The Bertz CT molecular complexity index is 588. The van der Waals surface area contributed by atoms with E-state index in [-0.39, 0.29) is 6.09 Å². The molecule has 3 rings (SSSR count). The summed E-state index contributed by atoms with van der Waals surface area (Å²) in [5, 5.41) is 7.18. The van der Waals surface area contributed by atoms with Gasteiger partial charge in [0.05, 0.1) is 12.9 Å². The molecule has 1 amide bonds. The van der Waals surface area contributed by atoms with E-state index in [0.717, 1.165) is 44.1 Å². The summed E-state index contributed by atoms with van der Waals surface area (Å²) in [5.74, 6) is 1.85. The maximum Gasteiger partial charge on any atom is 0.409 e. The number of amides is 1. The van der Waals surface area contributed by atoms with Crippen molar-refractivity contribution in [2.75, 3.05) is 26.2 Å². The summed E-state index contributed by atoms with van der Waals surface area (Å²) in [6.45, 7) is 4.40. The van der Waals surface area contributed by atoms with Gasteiger partial charge in [0.25, 0.3) is 0 Å². The Balaban J connectivity index is 1.50. The van der Waals surface area contributed by atoms with Crippen molar-refractivity contribution in [3.63, 3.8) is 0 Å². The predicted molar refractivity (Wildman–Crippen MR) is 105 cm³/mol. The Hall–Kier alpha value is -2.18. The van der Waals surface area contributed by atoms with Crippen LogP contribution >= 0.6 is 0 Å². The van der Waals surface area contributed by atoms with Crippen LogP contribution in [-0.4, -0.2) is 55.3 Å². The number of piperidine rings is 1. The summed E-state index contributed by atoms with van der Waals surface area (Å²) >= 11 is 0. The van der Waals surface area contributed by atoms with E-state index in [9.17, 15) is 4.79 Å². The van der Waals surface area contributed by atoms with Gasteiger partial charge in [0, 0.05) is 38.1 Å². The molecule has 2 heterocycles. The molecule has 0 bridgehead atoms. The van der Waals surface area contributed by atoms with E-state index in [4.69, 9.17) is 14.1 Å². The topological polar surface area (TPSA) is 79.1 Å². The summed E-state index contributed by atoms with van der Waals surface area (Å²) in [5.41, 5.74) is 0. The number of likely N-dealkylation sites (tertiary alicyclic amines) is 1. The monoisotopic (exact) mass is 376 g/mol. The van der Waals surface area contributed by atoms with E-state index in [1.54, 1.807) is 11.2 Å². The van der Waals surface area contributed by atoms with Crippen molar-refractivity contribution in [1.29, 1.82) is 0 Å². The maximum absolute atomic E-state index is 11.8. The van der Waals surface area contributed by atoms with Gasteiger partial charge >= 0.3 is 6.09 Å². The first-order valence-corrected chi connectivity index (χ1v) is 10.3. The molecular formula is C20H32N4O3. The van der Waals surface area contributed by atoms with Gasteiger partial charge in [-0.25, -0.2) is 4.79 Å². The standard InChI is InChI=1S/C20H32N4O3/c1-2-26-20(25)24-13-10-17(11-14-24)23-19(22-16-6-3-4-7-16)21-12-9-18-8-5-15-27-18/h5,8,15-17H,2-4,6-7,9-14H2,1H3,(H2,21,22,23). The quantitative estimate of drug-likeness (QED) is 0.589. The number of aliphatic imine (C=N–C) groups is 1. The molecule has 1 aromatic heterocycles. The summed E-state index contributed by atoms with van der Waals surface area (Å²) in [6, 6.07) is 4.73. The zero-order valence-corrected chi connectivity index (χ0v) is 16.3. The van der Waals surface area contributed by atoms with E-state index in [2.05, 4.69) is 10.6 Å². The molecule has 1 saturated heterocycles. The summed E-state index contributed by atoms with van der Waals surface area (Å²) in [4.78, 5) is 18.4. The average Bonchev–Trinajstić information content (AvgIpc) is 3.36. The van der Waals surface area contributed by atoms with Gasteiger partial charge in [-0.05, 0) is 44.7 Å². The number of carbonyl (C=O) groups excluding carboxylic acids is 1. The Kier molecular flexibility index (Phi) is 7.42. The normalized spacial score (nSPS) is 19.3. The van der Waals surface area contributed by atoms with Gasteiger partial charge in [-0.3, -0.25) is 4.99 Å². The minimum Gasteiger partial charge on any atom is -0.469 e. The van der Waals surface area contributed by atoms with Crippen LogP contribution in [0.25, 0.3) is 0 Å². The smallest absolute Gasteiger partial charge is 0.409 e. The lowest BCUT2D eigenvalue weighted by molar-refractivity contribution is 0.0963. The Labute approximate surface area is 161 Å². The van der Waals surface area contributed by atoms with Crippen molar-refractivity contribution in [3.8, 4) is 0 Å². The third-order valence-electron chi connectivity index (χ3n) is 5.27. The number of furan rings is 1. The lowest BCUT2D eigenvalue weighted by Gasteiger charge is -2.32. The first kappa shape index (κ1) is 19.6. The van der Waals surface area contributed by atoms with Crippen LogP contribution < -0.4 is 10.6 Å². The SMILES string of the molecule is CCOC(=O)N1CCC(NC(=NCCc2ccco2)NC2CCCC2)CC1. The highest BCUT2D eigenvalue weighted by atomic mass is 16.6. The number of guanidine groups is 1. The van der Waals surface area contributed by atoms with Crippen molar-refractivity contribution >= 4 is 12.1 Å². The van der Waals surface area contributed by atoms with Gasteiger partial charge in [0.15, 0.2) is 5.96 Å². The number of hydrogen-bond acceptors (Lipinski definition) is 4. The molecule has 2 fully saturated rings. The lowest BCUT2D eigenvalue weighted by Crippen LogP contribution is -2.51. The highest BCUT2D eigenvalue weighted by molar-refractivity contribution is 5.80. The van der Waals surface area contributed by atoms with E-state index < -0.39 is 0 Å². The minimum absolute atomic E-state index is 0.202. The predicted octanol–water partition coefficient (Wildman–Crippen LogP) is 2.92. The number of nitrogens with one attached hydrogen (secondary N) is 2. The van der Waals surface area contributed by atoms with E-state index >= 15 is 0 Å². The zero-order valence-electron chi connectivity index (χ0n) is 16.3. The molecule has 0 unspecified atom stereocenters. The fourth-order valence-corrected chi connectivity index (χ4v) is 3.74. The molecule has 0 atom stereocenters. The minimum atomic E-state index is -0.202. The zero-order chi connectivity index (χ0) is 18.9. The highest BCUT2D eigenvalue weighted by Crippen LogP contribution is 2.18. The molecule has 1 aliphatic heterocycles. The van der Waals surface area contributed by atoms with Gasteiger partial charge in [-0.2, -0.15) is 0 Å². The Morgan fingerprint density at radius 2 is 1.93 bits per heavy atom. The molecule has 7 heteroatoms. The van der Waals surface area contributed by atoms with Crippen LogP contribution in [-0.2, 0) is 11.2 Å². The molecule has 2 N–H and O–H groups in total. The van der Waals surface area contributed by atoms with E-state index in [1.807, 2.05) is 19.1 Å². The second kappa shape index (κ2) is 10.2. The van der Waals surface area contributed by atoms with Crippen molar-refractivity contribution in [2.45, 2.75) is 64.0 Å². The third kappa shape index (κ3) is 6.19. The van der Waals surface area contributed by atoms with Crippen LogP contribution in [0, 0.1) is 0 Å². The molecule has 150 valence electrons. The first-order valence-electron chi connectivity index (χ1n) is 10.3. The van der Waals surface area contributed by atoms with Crippen molar-refractivity contribution in [3.05, 3.63) is 24.2 Å². The largest absolute Gasteiger partial charge is 0.469 e. The van der Waals surface area contributed by atoms with Crippen LogP contribution in [0.1, 0.15) is 51.2 Å². The molecule has 1 aliphatic carbocycles. The second-order valence-corrected chi connectivity index (χ2v) is 7.29. The molecule has 7 nitrogen and oxygen atoms in total. The maximum atomic E-state index is 11.8. The van der Waals surface area contributed by atoms with Crippen molar-refractivity contribution in [2.24, 2.45) is 4.99 Å². The van der Waals surface area contributed by atoms with Gasteiger partial charge in [-0.1, -0.05) is 12.8 Å². The molecule has 0 aromatic carbocycles. The number of rotatable bonds is 6. The summed E-state index contributed by atoms with van der Waals surface area (Å²) < 4.78 is 10.5. The lowest BCUT2D eigenvalue weighted by atomic mass is 10.1. The Morgan fingerprint density at radius 3 is 2.56 bits per heavy atom. The van der Waals surface area contributed by atoms with Gasteiger partial charge in [0.1, 0.15) is 5.76 Å². The number of carbonyl (C=O) groups is 1. The Morgan fingerprint density at radius 1 is 1.22 bits per heavy atom. The van der Waals surface area contributed by atoms with Gasteiger partial charge < -0.3 is 24.7 Å². The van der Waals surface area contributed by atoms with Crippen molar-refractivity contribution < 1.29 is 13.9 Å². The van der Waals surface area contributed by atoms with E-state index in [1.165, 1.54) is 25.7 Å². The van der Waals surface area contributed by atoms with Crippen LogP contribution in [0.4, 0.5) is 4.79 Å². The first-order chi connectivity index (χ1) is 13.2. The molecule has 2 aliphatic rings. The van der Waals surface area contributed by atoms with E-state index in [0.29, 0.717) is 25.2 Å². The fourth-order valence-electron chi connectivity index (χ4n) is 3.74. The molecule has 1 saturated carbocycles. The molecule has 0 radical (unpaired) electrons. The van der Waals surface area contributed by atoms with Gasteiger partial charge in [0.2, 0.25) is 0 Å². The van der Waals surface area contributed by atoms with Crippen LogP contribution in [0.15, 0.2) is 27.8 Å². The highest BCUT2D eigenvalue weighted by Gasteiger charge is 2.25. The number of hydrogen-bond donors (Lipinski definition) is 2. The molecule has 1 aromatic rings. The number of ether oxygens (including phenoxy) is 1. The molecule has 27 heavy (non-hydrogen) atoms. The average molecular weight is 377 g/mol.